The van der Waals surface area contributed by atoms with Gasteiger partial charge in [0, 0.05) is 5.69 Å². The lowest BCUT2D eigenvalue weighted by atomic mass is 10.1. The maximum Gasteiger partial charge on any atom is 0.244 e. The molecule has 30 heavy (non-hydrogen) atoms. The molecule has 0 unspecified atom stereocenters. The number of imidazole rings is 1. The quantitative estimate of drug-likeness (QED) is 0.486. The molecule has 5 heteroatoms. The molecule has 3 aromatic carbocycles. The molecular weight excluding hydrogens is 374 g/mol. The number of aryl methyl sites for hydroxylation is 3. The van der Waals surface area contributed by atoms with Crippen molar-refractivity contribution in [2.75, 3.05) is 5.32 Å². The van der Waals surface area contributed by atoms with Gasteiger partial charge in [-0.05, 0) is 73.9 Å². The van der Waals surface area contributed by atoms with Crippen molar-refractivity contribution in [3.63, 3.8) is 0 Å². The summed E-state index contributed by atoms with van der Waals surface area (Å²) in [5.41, 5.74) is 5.93. The maximum absolute atomic E-state index is 12.8. The molecule has 0 spiro atoms. The van der Waals surface area contributed by atoms with Gasteiger partial charge in [0.2, 0.25) is 5.91 Å². The van der Waals surface area contributed by atoms with E-state index in [1.54, 1.807) is 0 Å². The topological polar surface area (TPSA) is 56.2 Å². The summed E-state index contributed by atoms with van der Waals surface area (Å²) >= 11 is 0. The lowest BCUT2D eigenvalue weighted by Gasteiger charge is -2.12. The second kappa shape index (κ2) is 8.41. The van der Waals surface area contributed by atoms with Gasteiger partial charge in [0.1, 0.15) is 24.7 Å². The predicted octanol–water partition coefficient (Wildman–Crippen LogP) is 5.18. The molecule has 152 valence electrons. The third kappa shape index (κ3) is 4.51. The number of rotatable bonds is 6. The van der Waals surface area contributed by atoms with E-state index in [4.69, 9.17) is 9.72 Å². The molecular formula is C25H25N3O2. The predicted molar refractivity (Wildman–Crippen MR) is 120 cm³/mol. The van der Waals surface area contributed by atoms with Gasteiger partial charge in [-0.15, -0.1) is 0 Å². The molecule has 0 radical (unpaired) electrons. The average molecular weight is 399 g/mol. The first-order valence-electron chi connectivity index (χ1n) is 10.00. The molecule has 0 fully saturated rings. The Morgan fingerprint density at radius 1 is 0.933 bits per heavy atom. The number of para-hydroxylation sites is 2. The van der Waals surface area contributed by atoms with Gasteiger partial charge in [0.25, 0.3) is 0 Å². The molecule has 1 amide bonds. The van der Waals surface area contributed by atoms with Crippen molar-refractivity contribution in [1.29, 1.82) is 0 Å². The smallest absolute Gasteiger partial charge is 0.244 e. The summed E-state index contributed by atoms with van der Waals surface area (Å²) in [5, 5.41) is 3.01. The van der Waals surface area contributed by atoms with Gasteiger partial charge >= 0.3 is 0 Å². The number of hydrogen-bond acceptors (Lipinski definition) is 3. The van der Waals surface area contributed by atoms with Crippen LogP contribution in [0, 0.1) is 20.8 Å². The maximum atomic E-state index is 12.8. The second-order valence-corrected chi connectivity index (χ2v) is 7.63. The molecule has 5 nitrogen and oxygen atoms in total. The van der Waals surface area contributed by atoms with Crippen LogP contribution in [0.15, 0.2) is 66.7 Å². The molecule has 1 N–H and O–H groups in total. The molecule has 0 saturated carbocycles. The summed E-state index contributed by atoms with van der Waals surface area (Å²) in [7, 11) is 0. The first-order valence-corrected chi connectivity index (χ1v) is 10.00. The lowest BCUT2D eigenvalue weighted by Crippen LogP contribution is -2.21. The number of nitrogens with one attached hydrogen (secondary N) is 1. The fraction of sp³-hybridized carbons (Fsp3) is 0.200. The van der Waals surface area contributed by atoms with E-state index in [0.717, 1.165) is 39.2 Å². The Bertz CT molecular complexity index is 1190. The largest absolute Gasteiger partial charge is 0.486 e. The minimum Gasteiger partial charge on any atom is -0.486 e. The fourth-order valence-electron chi connectivity index (χ4n) is 3.66. The normalized spacial score (nSPS) is 10.9. The van der Waals surface area contributed by atoms with Crippen molar-refractivity contribution >= 4 is 22.6 Å². The van der Waals surface area contributed by atoms with E-state index >= 15 is 0 Å². The number of carbonyl (C=O) groups excluding carboxylic acids is 1. The molecule has 4 aromatic rings. The van der Waals surface area contributed by atoms with Crippen LogP contribution in [0.2, 0.25) is 0 Å². The van der Waals surface area contributed by atoms with Crippen LogP contribution in [0.5, 0.6) is 5.75 Å². The number of hydrogen-bond donors (Lipinski definition) is 1. The minimum absolute atomic E-state index is 0.0973. The van der Waals surface area contributed by atoms with Crippen molar-refractivity contribution in [3.8, 4) is 5.75 Å². The van der Waals surface area contributed by atoms with Crippen molar-refractivity contribution < 1.29 is 9.53 Å². The number of benzene rings is 3. The first-order chi connectivity index (χ1) is 14.5. The Morgan fingerprint density at radius 3 is 2.47 bits per heavy atom. The van der Waals surface area contributed by atoms with Gasteiger partial charge in [-0.3, -0.25) is 4.79 Å². The fourth-order valence-corrected chi connectivity index (χ4v) is 3.66. The zero-order valence-corrected chi connectivity index (χ0v) is 17.5. The Balaban J connectivity index is 1.57. The number of aromatic nitrogens is 2. The van der Waals surface area contributed by atoms with Crippen molar-refractivity contribution in [2.45, 2.75) is 33.9 Å². The Kier molecular flexibility index (Phi) is 5.53. The summed E-state index contributed by atoms with van der Waals surface area (Å²) in [6.07, 6.45) is 0. The molecule has 0 aliphatic heterocycles. The van der Waals surface area contributed by atoms with Crippen LogP contribution in [0.1, 0.15) is 22.5 Å². The van der Waals surface area contributed by atoms with Crippen LogP contribution in [0.25, 0.3) is 11.0 Å². The third-order valence-corrected chi connectivity index (χ3v) is 4.90. The molecule has 1 aromatic heterocycles. The molecule has 0 aliphatic carbocycles. The van der Waals surface area contributed by atoms with Crippen molar-refractivity contribution in [1.82, 2.24) is 9.55 Å². The summed E-state index contributed by atoms with van der Waals surface area (Å²) in [4.78, 5) is 17.5. The molecule has 4 rings (SSSR count). The number of fused-ring (bicyclic) bond motifs is 1. The van der Waals surface area contributed by atoms with Gasteiger partial charge < -0.3 is 14.6 Å². The number of anilines is 1. The summed E-state index contributed by atoms with van der Waals surface area (Å²) < 4.78 is 7.88. The van der Waals surface area contributed by atoms with Crippen LogP contribution in [-0.2, 0) is 17.9 Å². The number of amides is 1. The molecule has 0 aliphatic rings. The number of carbonyl (C=O) groups is 1. The zero-order valence-electron chi connectivity index (χ0n) is 17.5. The molecule has 0 saturated heterocycles. The third-order valence-electron chi connectivity index (χ3n) is 4.90. The van der Waals surface area contributed by atoms with Crippen LogP contribution < -0.4 is 10.1 Å². The SMILES string of the molecule is Cc1cc(C)cc(NC(=O)Cn2c(COc3cccc(C)c3)nc3ccccc32)c1. The highest BCUT2D eigenvalue weighted by Crippen LogP contribution is 2.20. The lowest BCUT2D eigenvalue weighted by molar-refractivity contribution is -0.116. The summed E-state index contributed by atoms with van der Waals surface area (Å²) in [6, 6.07) is 21.7. The summed E-state index contributed by atoms with van der Waals surface area (Å²) in [5.74, 6) is 1.40. The molecule has 0 bridgehead atoms. The van der Waals surface area contributed by atoms with Crippen molar-refractivity contribution in [3.05, 3.63) is 89.2 Å². The van der Waals surface area contributed by atoms with Gasteiger partial charge in [-0.25, -0.2) is 4.98 Å². The second-order valence-electron chi connectivity index (χ2n) is 7.63. The van der Waals surface area contributed by atoms with Crippen LogP contribution in [0.4, 0.5) is 5.69 Å². The van der Waals surface area contributed by atoms with Gasteiger partial charge in [-0.2, -0.15) is 0 Å². The van der Waals surface area contributed by atoms with E-state index in [1.165, 1.54) is 0 Å². The van der Waals surface area contributed by atoms with E-state index in [2.05, 4.69) is 11.4 Å². The molecule has 1 heterocycles. The highest BCUT2D eigenvalue weighted by molar-refractivity contribution is 5.92. The number of ether oxygens (including phenoxy) is 1. The van der Waals surface area contributed by atoms with Gasteiger partial charge in [0.15, 0.2) is 0 Å². The van der Waals surface area contributed by atoms with E-state index in [9.17, 15) is 4.79 Å². The Morgan fingerprint density at radius 2 is 1.70 bits per heavy atom. The van der Waals surface area contributed by atoms with Crippen molar-refractivity contribution in [2.24, 2.45) is 0 Å². The number of nitrogens with zero attached hydrogens (tertiary/aromatic N) is 2. The first kappa shape index (κ1) is 19.7. The standard InChI is InChI=1S/C25H25N3O2/c1-17-7-6-8-21(14-17)30-16-24-27-22-9-4-5-10-23(22)28(24)15-25(29)26-20-12-18(2)11-19(3)13-20/h4-14H,15-16H2,1-3H3,(H,26,29). The van der Waals surface area contributed by atoms with E-state index in [-0.39, 0.29) is 19.1 Å². The average Bonchev–Trinajstić information content (AvgIpc) is 3.03. The minimum atomic E-state index is -0.0973. The van der Waals surface area contributed by atoms with E-state index < -0.39 is 0 Å². The summed E-state index contributed by atoms with van der Waals surface area (Å²) in [6.45, 7) is 6.52. The van der Waals surface area contributed by atoms with E-state index in [0.29, 0.717) is 5.82 Å². The highest BCUT2D eigenvalue weighted by atomic mass is 16.5. The van der Waals surface area contributed by atoms with E-state index in [1.807, 2.05) is 86.0 Å². The Hall–Kier alpha value is -3.60. The zero-order chi connectivity index (χ0) is 21.1. The molecule has 0 atom stereocenters. The van der Waals surface area contributed by atoms with Crippen LogP contribution in [-0.4, -0.2) is 15.5 Å². The van der Waals surface area contributed by atoms with Gasteiger partial charge in [0.05, 0.1) is 11.0 Å². The monoisotopic (exact) mass is 399 g/mol. The van der Waals surface area contributed by atoms with Gasteiger partial charge in [-0.1, -0.05) is 30.3 Å². The van der Waals surface area contributed by atoms with Crippen LogP contribution >= 0.6 is 0 Å². The Labute approximate surface area is 176 Å². The highest BCUT2D eigenvalue weighted by Gasteiger charge is 2.14. The van der Waals surface area contributed by atoms with Crippen LogP contribution in [0.3, 0.4) is 0 Å².